The first-order valence-corrected chi connectivity index (χ1v) is 5.40. The summed E-state index contributed by atoms with van der Waals surface area (Å²) in [6.45, 7) is -0.150. The summed E-state index contributed by atoms with van der Waals surface area (Å²) in [5, 5.41) is 2.29. The molecule has 1 amide bonds. The highest BCUT2D eigenvalue weighted by molar-refractivity contribution is 6.30. The van der Waals surface area contributed by atoms with Crippen molar-refractivity contribution in [1.82, 2.24) is 5.32 Å². The highest BCUT2D eigenvalue weighted by Crippen LogP contribution is 2.22. The SMILES string of the molecule is O=C(NCCc1ccc(Cl)cc1)C(F)(F)C(F)F. The van der Waals surface area contributed by atoms with E-state index in [-0.39, 0.29) is 13.0 Å². The lowest BCUT2D eigenvalue weighted by Gasteiger charge is -2.14. The number of carbonyl (C=O) groups excluding carboxylic acids is 1. The van der Waals surface area contributed by atoms with Crippen LogP contribution in [0.3, 0.4) is 0 Å². The molecule has 0 aliphatic heterocycles. The summed E-state index contributed by atoms with van der Waals surface area (Å²) in [5.74, 6) is -6.62. The molecule has 1 aromatic carbocycles. The second kappa shape index (κ2) is 6.04. The molecule has 0 aliphatic rings. The second-order valence-electron chi connectivity index (χ2n) is 3.56. The van der Waals surface area contributed by atoms with Crippen LogP contribution < -0.4 is 5.32 Å². The fraction of sp³-hybridized carbons (Fsp3) is 0.364. The number of hydrogen-bond acceptors (Lipinski definition) is 1. The zero-order chi connectivity index (χ0) is 13.8. The number of carbonyl (C=O) groups is 1. The van der Waals surface area contributed by atoms with Crippen LogP contribution in [0.4, 0.5) is 17.6 Å². The Kier molecular flexibility index (Phi) is 4.95. The van der Waals surface area contributed by atoms with Crippen molar-refractivity contribution in [3.63, 3.8) is 0 Å². The third-order valence-corrected chi connectivity index (χ3v) is 2.44. The molecule has 0 atom stereocenters. The van der Waals surface area contributed by atoms with E-state index in [1.165, 1.54) is 0 Å². The fourth-order valence-electron chi connectivity index (χ4n) is 1.19. The minimum Gasteiger partial charge on any atom is -0.350 e. The molecule has 0 saturated carbocycles. The molecule has 0 aliphatic carbocycles. The summed E-state index contributed by atoms with van der Waals surface area (Å²) >= 11 is 5.64. The third-order valence-electron chi connectivity index (χ3n) is 2.19. The maximum absolute atomic E-state index is 12.5. The highest BCUT2D eigenvalue weighted by Gasteiger charge is 2.48. The molecule has 2 nitrogen and oxygen atoms in total. The van der Waals surface area contributed by atoms with Crippen LogP contribution >= 0.6 is 11.6 Å². The molecular weight excluding hydrogens is 274 g/mol. The van der Waals surface area contributed by atoms with Crippen LogP contribution in [0.15, 0.2) is 24.3 Å². The van der Waals surface area contributed by atoms with Gasteiger partial charge < -0.3 is 5.32 Å². The monoisotopic (exact) mass is 283 g/mol. The average molecular weight is 284 g/mol. The predicted octanol–water partition coefficient (Wildman–Crippen LogP) is 2.90. The Bertz CT molecular complexity index is 408. The number of nitrogens with one attached hydrogen (secondary N) is 1. The van der Waals surface area contributed by atoms with E-state index in [2.05, 4.69) is 0 Å². The quantitative estimate of drug-likeness (QED) is 0.827. The first kappa shape index (κ1) is 14.8. The maximum atomic E-state index is 12.5. The summed E-state index contributed by atoms with van der Waals surface area (Å²) in [6, 6.07) is 6.51. The van der Waals surface area contributed by atoms with E-state index in [1.54, 1.807) is 29.6 Å². The molecule has 1 aromatic rings. The molecule has 0 aromatic heterocycles. The largest absolute Gasteiger partial charge is 0.383 e. The van der Waals surface area contributed by atoms with Gasteiger partial charge in [-0.1, -0.05) is 23.7 Å². The van der Waals surface area contributed by atoms with E-state index in [9.17, 15) is 22.4 Å². The van der Waals surface area contributed by atoms with E-state index >= 15 is 0 Å². The van der Waals surface area contributed by atoms with Crippen molar-refractivity contribution in [3.8, 4) is 0 Å². The van der Waals surface area contributed by atoms with E-state index in [0.29, 0.717) is 5.02 Å². The summed E-state index contributed by atoms with van der Waals surface area (Å²) in [4.78, 5) is 10.8. The zero-order valence-electron chi connectivity index (χ0n) is 9.10. The molecule has 0 unspecified atom stereocenters. The Hall–Kier alpha value is -1.30. The van der Waals surface area contributed by atoms with Crippen molar-refractivity contribution in [2.75, 3.05) is 6.54 Å². The van der Waals surface area contributed by atoms with Crippen LogP contribution in [0.5, 0.6) is 0 Å². The Labute approximate surface area is 106 Å². The minimum atomic E-state index is -4.65. The topological polar surface area (TPSA) is 29.1 Å². The lowest BCUT2D eigenvalue weighted by molar-refractivity contribution is -0.169. The normalized spacial score (nSPS) is 11.7. The first-order valence-electron chi connectivity index (χ1n) is 5.02. The minimum absolute atomic E-state index is 0.150. The van der Waals surface area contributed by atoms with Gasteiger partial charge in [0.1, 0.15) is 0 Å². The molecule has 18 heavy (non-hydrogen) atoms. The van der Waals surface area contributed by atoms with Gasteiger partial charge in [0.2, 0.25) is 0 Å². The molecule has 0 fully saturated rings. The second-order valence-corrected chi connectivity index (χ2v) is 3.99. The van der Waals surface area contributed by atoms with Gasteiger partial charge >= 0.3 is 12.3 Å². The molecule has 1 N–H and O–H groups in total. The number of alkyl halides is 4. The number of benzene rings is 1. The summed E-state index contributed by atoms with van der Waals surface area (Å²) < 4.78 is 48.7. The molecular formula is C11H10ClF4NO. The molecule has 0 spiro atoms. The van der Waals surface area contributed by atoms with Gasteiger partial charge in [0.15, 0.2) is 0 Å². The molecule has 0 radical (unpaired) electrons. The lowest BCUT2D eigenvalue weighted by Crippen LogP contribution is -2.45. The first-order chi connectivity index (χ1) is 8.34. The van der Waals surface area contributed by atoms with Crippen LogP contribution in [0.25, 0.3) is 0 Å². The number of rotatable bonds is 5. The molecule has 0 saturated heterocycles. The predicted molar refractivity (Wildman–Crippen MR) is 59.1 cm³/mol. The van der Waals surface area contributed by atoms with E-state index in [1.807, 2.05) is 0 Å². The summed E-state index contributed by atoms with van der Waals surface area (Å²) in [6.07, 6.45) is -3.75. The van der Waals surface area contributed by atoms with Crippen molar-refractivity contribution >= 4 is 17.5 Å². The maximum Gasteiger partial charge on any atom is 0.383 e. The molecule has 100 valence electrons. The van der Waals surface area contributed by atoms with Gasteiger partial charge in [0.25, 0.3) is 5.91 Å². The molecule has 1 rings (SSSR count). The van der Waals surface area contributed by atoms with Gasteiger partial charge in [-0.05, 0) is 24.1 Å². The Morgan fingerprint density at radius 3 is 2.33 bits per heavy atom. The van der Waals surface area contributed by atoms with E-state index < -0.39 is 18.3 Å². The van der Waals surface area contributed by atoms with Crippen LogP contribution in [-0.2, 0) is 11.2 Å². The van der Waals surface area contributed by atoms with Gasteiger partial charge in [-0.15, -0.1) is 0 Å². The number of halogens is 5. The van der Waals surface area contributed by atoms with Crippen molar-refractivity contribution < 1.29 is 22.4 Å². The zero-order valence-corrected chi connectivity index (χ0v) is 9.85. The van der Waals surface area contributed by atoms with Crippen molar-refractivity contribution in [2.24, 2.45) is 0 Å². The molecule has 0 bridgehead atoms. The smallest absolute Gasteiger partial charge is 0.350 e. The van der Waals surface area contributed by atoms with Crippen LogP contribution in [0, 0.1) is 0 Å². The van der Waals surface area contributed by atoms with Gasteiger partial charge in [0, 0.05) is 11.6 Å². The van der Waals surface area contributed by atoms with E-state index in [4.69, 9.17) is 11.6 Å². The van der Waals surface area contributed by atoms with Crippen LogP contribution in [0.1, 0.15) is 5.56 Å². The lowest BCUT2D eigenvalue weighted by atomic mass is 10.1. The van der Waals surface area contributed by atoms with E-state index in [0.717, 1.165) is 5.56 Å². The molecule has 7 heteroatoms. The third kappa shape index (κ3) is 3.87. The Morgan fingerprint density at radius 1 is 1.28 bits per heavy atom. The highest BCUT2D eigenvalue weighted by atomic mass is 35.5. The van der Waals surface area contributed by atoms with Crippen molar-refractivity contribution in [2.45, 2.75) is 18.8 Å². The van der Waals surface area contributed by atoms with Gasteiger partial charge in [-0.2, -0.15) is 8.78 Å². The number of amides is 1. The van der Waals surface area contributed by atoms with Crippen LogP contribution in [-0.4, -0.2) is 24.8 Å². The summed E-state index contributed by atoms with van der Waals surface area (Å²) in [7, 11) is 0. The van der Waals surface area contributed by atoms with Crippen LogP contribution in [0.2, 0.25) is 5.02 Å². The fourth-order valence-corrected chi connectivity index (χ4v) is 1.31. The van der Waals surface area contributed by atoms with Crippen molar-refractivity contribution in [3.05, 3.63) is 34.9 Å². The average Bonchev–Trinajstić information content (AvgIpc) is 2.31. The van der Waals surface area contributed by atoms with Gasteiger partial charge in [0.05, 0.1) is 0 Å². The number of hydrogen-bond donors (Lipinski definition) is 1. The molecule has 0 heterocycles. The standard InChI is InChI=1S/C11H10ClF4NO/c12-8-3-1-7(2-4-8)5-6-17-10(18)11(15,16)9(13)14/h1-4,9H,5-6H2,(H,17,18). The van der Waals surface area contributed by atoms with Crippen molar-refractivity contribution in [1.29, 1.82) is 0 Å². The van der Waals surface area contributed by atoms with Gasteiger partial charge in [-0.25, -0.2) is 8.78 Å². The Balaban J connectivity index is 2.43. The summed E-state index contributed by atoms with van der Waals surface area (Å²) in [5.41, 5.74) is 0.750. The van der Waals surface area contributed by atoms with Gasteiger partial charge in [-0.3, -0.25) is 4.79 Å². The Morgan fingerprint density at radius 2 is 1.83 bits per heavy atom.